The van der Waals surface area contributed by atoms with Gasteiger partial charge in [0.05, 0.1) is 12.1 Å². The van der Waals surface area contributed by atoms with Crippen molar-refractivity contribution < 1.29 is 28.2 Å². The molecule has 0 saturated carbocycles. The Labute approximate surface area is 179 Å². The highest BCUT2D eigenvalue weighted by molar-refractivity contribution is 5.67. The third kappa shape index (κ3) is 4.80. The summed E-state index contributed by atoms with van der Waals surface area (Å²) in [6, 6.07) is 11.2. The minimum atomic E-state index is -0.897. The summed E-state index contributed by atoms with van der Waals surface area (Å²) in [5, 5.41) is 12.4. The van der Waals surface area contributed by atoms with Crippen molar-refractivity contribution >= 4 is 5.97 Å². The van der Waals surface area contributed by atoms with Gasteiger partial charge >= 0.3 is 5.97 Å². The fourth-order valence-corrected chi connectivity index (χ4v) is 3.82. The number of hydrogen-bond acceptors (Lipinski definition) is 5. The van der Waals surface area contributed by atoms with Gasteiger partial charge in [0.2, 0.25) is 0 Å². The maximum Gasteiger partial charge on any atom is 0.304 e. The number of ether oxygens (including phenoxy) is 2. The average molecular weight is 430 g/mol. The van der Waals surface area contributed by atoms with Crippen molar-refractivity contribution in [2.45, 2.75) is 38.6 Å². The van der Waals surface area contributed by atoms with Crippen molar-refractivity contribution in [1.29, 1.82) is 0 Å². The van der Waals surface area contributed by atoms with E-state index in [2.05, 4.69) is 10.2 Å². The quantitative estimate of drug-likeness (QED) is 0.693. The molecule has 164 valence electrons. The molecule has 0 saturated heterocycles. The van der Waals surface area contributed by atoms with E-state index in [4.69, 9.17) is 14.6 Å². The lowest BCUT2D eigenvalue weighted by Gasteiger charge is -2.31. The molecule has 2 unspecified atom stereocenters. The van der Waals surface area contributed by atoms with E-state index in [0.29, 0.717) is 12.3 Å². The predicted octanol–water partition coefficient (Wildman–Crippen LogP) is 3.94. The van der Waals surface area contributed by atoms with E-state index in [-0.39, 0.29) is 30.9 Å². The summed E-state index contributed by atoms with van der Waals surface area (Å²) < 4.78 is 38.7. The smallest absolute Gasteiger partial charge is 0.304 e. The Balaban J connectivity index is 1.33. The first kappa shape index (κ1) is 21.1. The zero-order chi connectivity index (χ0) is 22.0. The van der Waals surface area contributed by atoms with Crippen LogP contribution in [0.3, 0.4) is 0 Å². The van der Waals surface area contributed by atoms with Crippen molar-refractivity contribution in [2.75, 3.05) is 13.1 Å². The van der Waals surface area contributed by atoms with Crippen LogP contribution in [0.5, 0.6) is 5.75 Å². The van der Waals surface area contributed by atoms with Crippen molar-refractivity contribution in [3.8, 4) is 5.75 Å². The second kappa shape index (κ2) is 8.93. The molecule has 2 aromatic rings. The lowest BCUT2D eigenvalue weighted by atomic mass is 10.1. The van der Waals surface area contributed by atoms with E-state index >= 15 is 0 Å². The topological polar surface area (TPSA) is 71.0 Å². The van der Waals surface area contributed by atoms with Crippen LogP contribution < -0.4 is 10.1 Å². The molecule has 0 fully saturated rings. The van der Waals surface area contributed by atoms with E-state index < -0.39 is 17.6 Å². The monoisotopic (exact) mass is 430 g/mol. The lowest BCUT2D eigenvalue weighted by molar-refractivity contribution is -0.138. The number of aliphatic carboxylic acids is 1. The maximum absolute atomic E-state index is 13.7. The molecule has 0 radical (unpaired) electrons. The molecule has 8 heteroatoms. The maximum atomic E-state index is 13.7. The van der Waals surface area contributed by atoms with Gasteiger partial charge in [0.15, 0.2) is 17.9 Å². The number of carboxylic acid groups (broad SMARTS) is 1. The van der Waals surface area contributed by atoms with E-state index in [1.54, 1.807) is 12.1 Å². The lowest BCUT2D eigenvalue weighted by Crippen LogP contribution is -2.41. The van der Waals surface area contributed by atoms with E-state index in [1.807, 2.05) is 19.1 Å². The van der Waals surface area contributed by atoms with Gasteiger partial charge in [0, 0.05) is 36.7 Å². The zero-order valence-electron chi connectivity index (χ0n) is 17.1. The summed E-state index contributed by atoms with van der Waals surface area (Å²) in [7, 11) is 0. The van der Waals surface area contributed by atoms with Gasteiger partial charge in [0.25, 0.3) is 0 Å². The SMILES string of the molecule is CC(CC(=O)O)N1CCC2=C(C1)NC(c1ccc(OCc3cccc(F)c3F)cc1)O2. The molecule has 2 N–H and O–H groups in total. The Morgan fingerprint density at radius 3 is 2.81 bits per heavy atom. The molecule has 0 amide bonds. The van der Waals surface area contributed by atoms with E-state index in [1.165, 1.54) is 12.1 Å². The molecule has 2 atom stereocenters. The van der Waals surface area contributed by atoms with Gasteiger partial charge in [-0.3, -0.25) is 9.69 Å². The van der Waals surface area contributed by atoms with Crippen LogP contribution >= 0.6 is 0 Å². The normalized spacial score (nSPS) is 19.4. The Hall–Kier alpha value is -3.13. The number of nitrogens with one attached hydrogen (secondary N) is 1. The highest BCUT2D eigenvalue weighted by atomic mass is 19.2. The molecule has 4 rings (SSSR count). The minimum Gasteiger partial charge on any atom is -0.489 e. The average Bonchev–Trinajstić information content (AvgIpc) is 3.18. The van der Waals surface area contributed by atoms with Crippen LogP contribution in [0.1, 0.15) is 37.1 Å². The molecular weight excluding hydrogens is 406 g/mol. The molecule has 0 aromatic heterocycles. The highest BCUT2D eigenvalue weighted by Crippen LogP contribution is 2.33. The van der Waals surface area contributed by atoms with Gasteiger partial charge < -0.3 is 19.9 Å². The van der Waals surface area contributed by atoms with Crippen molar-refractivity contribution in [3.63, 3.8) is 0 Å². The largest absolute Gasteiger partial charge is 0.489 e. The number of hydrogen-bond donors (Lipinski definition) is 2. The number of nitrogens with zero attached hydrogens (tertiary/aromatic N) is 1. The van der Waals surface area contributed by atoms with Gasteiger partial charge in [-0.1, -0.05) is 12.1 Å². The number of rotatable bonds is 7. The second-order valence-electron chi connectivity index (χ2n) is 7.78. The summed E-state index contributed by atoms with van der Waals surface area (Å²) in [6.07, 6.45) is 0.506. The number of carbonyl (C=O) groups is 1. The van der Waals surface area contributed by atoms with Gasteiger partial charge in [-0.25, -0.2) is 8.78 Å². The van der Waals surface area contributed by atoms with Crippen molar-refractivity contribution in [3.05, 3.63) is 76.7 Å². The molecule has 2 aliphatic heterocycles. The summed E-state index contributed by atoms with van der Waals surface area (Å²) in [5.74, 6) is -1.15. The molecule has 0 spiro atoms. The van der Waals surface area contributed by atoms with Gasteiger partial charge in [-0.15, -0.1) is 0 Å². The molecule has 0 aliphatic carbocycles. The summed E-state index contributed by atoms with van der Waals surface area (Å²) in [5.41, 5.74) is 2.04. The number of halogens is 2. The van der Waals surface area contributed by atoms with Gasteiger partial charge in [0.1, 0.15) is 18.1 Å². The van der Waals surface area contributed by atoms with Crippen LogP contribution in [0.15, 0.2) is 53.9 Å². The van der Waals surface area contributed by atoms with E-state index in [9.17, 15) is 13.6 Å². The predicted molar refractivity (Wildman–Crippen MR) is 109 cm³/mol. The molecule has 2 aromatic carbocycles. The Morgan fingerprint density at radius 2 is 2.06 bits per heavy atom. The molecule has 6 nitrogen and oxygen atoms in total. The number of carboxylic acids is 1. The third-order valence-electron chi connectivity index (χ3n) is 5.59. The highest BCUT2D eigenvalue weighted by Gasteiger charge is 2.32. The molecular formula is C23H24F2N2O4. The van der Waals surface area contributed by atoms with Crippen LogP contribution in [-0.2, 0) is 16.1 Å². The Morgan fingerprint density at radius 1 is 1.29 bits per heavy atom. The van der Waals surface area contributed by atoms with E-state index in [0.717, 1.165) is 36.1 Å². The Kier molecular flexibility index (Phi) is 6.08. The van der Waals surface area contributed by atoms with Crippen molar-refractivity contribution in [1.82, 2.24) is 10.2 Å². The summed E-state index contributed by atoms with van der Waals surface area (Å²) >= 11 is 0. The minimum absolute atomic E-state index is 0.0493. The standard InChI is InChI=1S/C23H24F2N2O4/c1-14(11-21(28)29)27-10-9-20-19(12-27)26-23(31-20)15-5-7-17(8-6-15)30-13-16-3-2-4-18(24)22(16)25/h2-8,14,23,26H,9-13H2,1H3,(H,28,29). The second-order valence-corrected chi connectivity index (χ2v) is 7.78. The Bertz CT molecular complexity index is 994. The van der Waals surface area contributed by atoms with Crippen LogP contribution in [0, 0.1) is 11.6 Å². The number of benzene rings is 2. The third-order valence-corrected chi connectivity index (χ3v) is 5.59. The van der Waals surface area contributed by atoms with Gasteiger partial charge in [-0.2, -0.15) is 0 Å². The molecule has 31 heavy (non-hydrogen) atoms. The summed E-state index contributed by atoms with van der Waals surface area (Å²) in [4.78, 5) is 13.1. The first-order valence-electron chi connectivity index (χ1n) is 10.2. The van der Waals surface area contributed by atoms with Crippen molar-refractivity contribution in [2.24, 2.45) is 0 Å². The molecule has 0 bridgehead atoms. The van der Waals surface area contributed by atoms with Crippen LogP contribution in [0.4, 0.5) is 8.78 Å². The van der Waals surface area contributed by atoms with Crippen LogP contribution in [-0.4, -0.2) is 35.1 Å². The first-order valence-corrected chi connectivity index (χ1v) is 10.2. The zero-order valence-corrected chi connectivity index (χ0v) is 17.1. The fraction of sp³-hybridized carbons (Fsp3) is 0.348. The first-order chi connectivity index (χ1) is 14.9. The molecule has 2 heterocycles. The van der Waals surface area contributed by atoms with Crippen LogP contribution in [0.25, 0.3) is 0 Å². The molecule has 2 aliphatic rings. The fourth-order valence-electron chi connectivity index (χ4n) is 3.82. The van der Waals surface area contributed by atoms with Crippen LogP contribution in [0.2, 0.25) is 0 Å². The van der Waals surface area contributed by atoms with Gasteiger partial charge in [-0.05, 0) is 37.3 Å². The summed E-state index contributed by atoms with van der Waals surface area (Å²) in [6.45, 7) is 3.23.